The summed E-state index contributed by atoms with van der Waals surface area (Å²) in [5.41, 5.74) is 0.267. The van der Waals surface area contributed by atoms with E-state index in [9.17, 15) is 9.18 Å². The molecule has 1 aromatic carbocycles. The standard InChI is InChI=1S/C15H12FN3O2/c16-9-5-2-6-10-12(9)14(20)19-13(17-10)11-7-21-15(18-11)8-3-1-4-8/h2,5-8H,1,3-4H2,(H,17,19,20). The number of halogens is 1. The fraction of sp³-hybridized carbons (Fsp3) is 0.267. The molecule has 0 spiro atoms. The van der Waals surface area contributed by atoms with Crippen molar-refractivity contribution in [3.05, 3.63) is 46.5 Å². The monoisotopic (exact) mass is 285 g/mol. The molecule has 1 saturated carbocycles. The Morgan fingerprint density at radius 2 is 2.14 bits per heavy atom. The molecule has 5 nitrogen and oxygen atoms in total. The molecule has 3 aromatic rings. The van der Waals surface area contributed by atoms with Crippen LogP contribution in [0.2, 0.25) is 0 Å². The number of oxazole rings is 1. The lowest BCUT2D eigenvalue weighted by molar-refractivity contribution is 0.335. The molecular weight excluding hydrogens is 273 g/mol. The van der Waals surface area contributed by atoms with Crippen molar-refractivity contribution in [1.82, 2.24) is 15.0 Å². The molecule has 1 aliphatic carbocycles. The van der Waals surface area contributed by atoms with Crippen molar-refractivity contribution < 1.29 is 8.81 Å². The summed E-state index contributed by atoms with van der Waals surface area (Å²) in [5.74, 6) is 0.761. The highest BCUT2D eigenvalue weighted by Crippen LogP contribution is 2.36. The van der Waals surface area contributed by atoms with Gasteiger partial charge in [0.2, 0.25) is 0 Å². The topological polar surface area (TPSA) is 71.8 Å². The lowest BCUT2D eigenvalue weighted by atomic mass is 9.85. The van der Waals surface area contributed by atoms with Crippen LogP contribution in [0.1, 0.15) is 31.1 Å². The number of H-pyrrole nitrogens is 1. The average Bonchev–Trinajstić information content (AvgIpc) is 2.85. The zero-order valence-corrected chi connectivity index (χ0v) is 11.1. The molecule has 1 N–H and O–H groups in total. The van der Waals surface area contributed by atoms with Crippen LogP contribution >= 0.6 is 0 Å². The molecule has 1 aliphatic rings. The maximum Gasteiger partial charge on any atom is 0.262 e. The number of benzene rings is 1. The Hall–Kier alpha value is -2.50. The van der Waals surface area contributed by atoms with E-state index in [1.54, 1.807) is 6.07 Å². The molecule has 2 aromatic heterocycles. The first-order chi connectivity index (χ1) is 10.2. The van der Waals surface area contributed by atoms with Crippen LogP contribution in [-0.4, -0.2) is 15.0 Å². The molecule has 4 rings (SSSR count). The Kier molecular flexibility index (Phi) is 2.63. The number of nitrogens with zero attached hydrogens (tertiary/aromatic N) is 2. The highest BCUT2D eigenvalue weighted by atomic mass is 19.1. The minimum atomic E-state index is -0.580. The second-order valence-corrected chi connectivity index (χ2v) is 5.25. The van der Waals surface area contributed by atoms with Crippen molar-refractivity contribution in [1.29, 1.82) is 0 Å². The van der Waals surface area contributed by atoms with Gasteiger partial charge in [-0.05, 0) is 25.0 Å². The fourth-order valence-electron chi connectivity index (χ4n) is 2.51. The third kappa shape index (κ3) is 1.94. The molecule has 0 radical (unpaired) electrons. The van der Waals surface area contributed by atoms with E-state index in [0.29, 0.717) is 28.8 Å². The van der Waals surface area contributed by atoms with E-state index < -0.39 is 11.4 Å². The van der Waals surface area contributed by atoms with E-state index in [-0.39, 0.29) is 5.39 Å². The van der Waals surface area contributed by atoms with Crippen molar-refractivity contribution >= 4 is 10.9 Å². The maximum absolute atomic E-state index is 13.7. The van der Waals surface area contributed by atoms with E-state index in [2.05, 4.69) is 15.0 Å². The number of aromatic nitrogens is 3. The predicted molar refractivity (Wildman–Crippen MR) is 74.4 cm³/mol. The van der Waals surface area contributed by atoms with Gasteiger partial charge in [0.25, 0.3) is 5.56 Å². The largest absolute Gasteiger partial charge is 0.448 e. The molecule has 1 fully saturated rings. The number of rotatable bonds is 2. The number of hydrogen-bond acceptors (Lipinski definition) is 4. The van der Waals surface area contributed by atoms with Gasteiger partial charge in [0, 0.05) is 5.92 Å². The van der Waals surface area contributed by atoms with E-state index in [4.69, 9.17) is 4.42 Å². The number of fused-ring (bicyclic) bond motifs is 1. The van der Waals surface area contributed by atoms with Crippen LogP contribution in [0, 0.1) is 5.82 Å². The lowest BCUT2D eigenvalue weighted by Gasteiger charge is -2.21. The third-order valence-electron chi connectivity index (χ3n) is 3.90. The summed E-state index contributed by atoms with van der Waals surface area (Å²) < 4.78 is 19.1. The second kappa shape index (κ2) is 4.51. The Balaban J connectivity index is 1.83. The van der Waals surface area contributed by atoms with E-state index >= 15 is 0 Å². The summed E-state index contributed by atoms with van der Waals surface area (Å²) in [5, 5.41) is -0.0380. The fourth-order valence-corrected chi connectivity index (χ4v) is 2.51. The van der Waals surface area contributed by atoms with Crippen LogP contribution < -0.4 is 5.56 Å². The summed E-state index contributed by atoms with van der Waals surface area (Å²) in [4.78, 5) is 23.2. The van der Waals surface area contributed by atoms with E-state index in [1.165, 1.54) is 24.8 Å². The molecule has 0 saturated heterocycles. The van der Waals surface area contributed by atoms with Crippen LogP contribution in [0.5, 0.6) is 0 Å². The summed E-state index contributed by atoms with van der Waals surface area (Å²) in [6, 6.07) is 4.37. The Morgan fingerprint density at radius 1 is 1.29 bits per heavy atom. The van der Waals surface area contributed by atoms with E-state index in [1.807, 2.05) is 0 Å². The summed E-state index contributed by atoms with van der Waals surface area (Å²) >= 11 is 0. The van der Waals surface area contributed by atoms with Gasteiger partial charge in [-0.2, -0.15) is 0 Å². The van der Waals surface area contributed by atoms with Gasteiger partial charge in [-0.3, -0.25) is 4.79 Å². The molecule has 0 atom stereocenters. The van der Waals surface area contributed by atoms with Gasteiger partial charge in [0.05, 0.1) is 5.52 Å². The molecule has 6 heteroatoms. The third-order valence-corrected chi connectivity index (χ3v) is 3.90. The average molecular weight is 285 g/mol. The molecule has 21 heavy (non-hydrogen) atoms. The zero-order valence-electron chi connectivity index (χ0n) is 11.1. The first-order valence-corrected chi connectivity index (χ1v) is 6.87. The summed E-state index contributed by atoms with van der Waals surface area (Å²) in [7, 11) is 0. The number of aromatic amines is 1. The molecule has 2 heterocycles. The minimum Gasteiger partial charge on any atom is -0.448 e. The summed E-state index contributed by atoms with van der Waals surface area (Å²) in [6.07, 6.45) is 4.82. The highest BCUT2D eigenvalue weighted by molar-refractivity contribution is 5.79. The minimum absolute atomic E-state index is 0.0380. The lowest BCUT2D eigenvalue weighted by Crippen LogP contribution is -2.11. The van der Waals surface area contributed by atoms with Crippen LogP contribution in [-0.2, 0) is 0 Å². The van der Waals surface area contributed by atoms with Gasteiger partial charge in [-0.15, -0.1) is 0 Å². The Bertz CT molecular complexity index is 880. The van der Waals surface area contributed by atoms with Gasteiger partial charge in [-0.1, -0.05) is 12.5 Å². The van der Waals surface area contributed by atoms with Crippen molar-refractivity contribution in [2.24, 2.45) is 0 Å². The smallest absolute Gasteiger partial charge is 0.262 e. The zero-order chi connectivity index (χ0) is 14.4. The second-order valence-electron chi connectivity index (χ2n) is 5.25. The molecule has 0 unspecified atom stereocenters. The van der Waals surface area contributed by atoms with Crippen molar-refractivity contribution in [2.45, 2.75) is 25.2 Å². The van der Waals surface area contributed by atoms with Crippen molar-refractivity contribution in [3.63, 3.8) is 0 Å². The molecule has 0 amide bonds. The normalized spacial score (nSPS) is 15.3. The first kappa shape index (κ1) is 12.3. The molecule has 0 aliphatic heterocycles. The van der Waals surface area contributed by atoms with Crippen molar-refractivity contribution in [2.75, 3.05) is 0 Å². The number of nitrogens with one attached hydrogen (secondary N) is 1. The molecular formula is C15H12FN3O2. The van der Waals surface area contributed by atoms with Gasteiger partial charge in [0.1, 0.15) is 23.2 Å². The van der Waals surface area contributed by atoms with Gasteiger partial charge in [-0.25, -0.2) is 14.4 Å². The summed E-state index contributed by atoms with van der Waals surface area (Å²) in [6.45, 7) is 0. The van der Waals surface area contributed by atoms with Crippen molar-refractivity contribution in [3.8, 4) is 11.5 Å². The molecule has 106 valence electrons. The van der Waals surface area contributed by atoms with Gasteiger partial charge >= 0.3 is 0 Å². The Labute approximate surface area is 118 Å². The van der Waals surface area contributed by atoms with E-state index in [0.717, 1.165) is 12.8 Å². The quantitative estimate of drug-likeness (QED) is 0.785. The highest BCUT2D eigenvalue weighted by Gasteiger charge is 2.25. The molecule has 0 bridgehead atoms. The van der Waals surface area contributed by atoms with Crippen LogP contribution in [0.15, 0.2) is 33.7 Å². The maximum atomic E-state index is 13.7. The van der Waals surface area contributed by atoms with Gasteiger partial charge < -0.3 is 9.40 Å². The first-order valence-electron chi connectivity index (χ1n) is 6.87. The Morgan fingerprint density at radius 3 is 2.90 bits per heavy atom. The van der Waals surface area contributed by atoms with Crippen LogP contribution in [0.3, 0.4) is 0 Å². The SMILES string of the molecule is O=c1[nH]c(-c2coc(C3CCC3)n2)nc2cccc(F)c12. The number of hydrogen-bond donors (Lipinski definition) is 1. The predicted octanol–water partition coefficient (Wildman–Crippen LogP) is 2.98. The van der Waals surface area contributed by atoms with Crippen LogP contribution in [0.4, 0.5) is 4.39 Å². The van der Waals surface area contributed by atoms with Crippen LogP contribution in [0.25, 0.3) is 22.4 Å². The van der Waals surface area contributed by atoms with Gasteiger partial charge in [0.15, 0.2) is 11.7 Å².